The van der Waals surface area contributed by atoms with Gasteiger partial charge in [-0.2, -0.15) is 0 Å². The summed E-state index contributed by atoms with van der Waals surface area (Å²) in [6.45, 7) is 5.41. The van der Waals surface area contributed by atoms with Gasteiger partial charge in [0.25, 0.3) is 0 Å². The summed E-state index contributed by atoms with van der Waals surface area (Å²) in [5, 5.41) is 0. The van der Waals surface area contributed by atoms with E-state index in [-0.39, 0.29) is 11.7 Å². The molecule has 0 rings (SSSR count). The molecule has 0 aromatic rings. The van der Waals surface area contributed by atoms with Crippen LogP contribution < -0.4 is 0 Å². The van der Waals surface area contributed by atoms with Crippen LogP contribution >= 0.6 is 0 Å². The first-order valence-electron chi connectivity index (χ1n) is 2.81. The molecule has 0 amide bonds. The van der Waals surface area contributed by atoms with Gasteiger partial charge in [-0.3, -0.25) is 4.79 Å². The molecule has 0 bridgehead atoms. The maximum atomic E-state index is 10.5. The van der Waals surface area contributed by atoms with E-state index in [0.29, 0.717) is 0 Å². The van der Waals surface area contributed by atoms with Gasteiger partial charge in [-0.15, -0.1) is 0 Å². The Hall–Kier alpha value is -0.590. The largest absolute Gasteiger partial charge is 0.299 e. The van der Waals surface area contributed by atoms with Crippen molar-refractivity contribution >= 4 is 5.78 Å². The van der Waals surface area contributed by atoms with Gasteiger partial charge < -0.3 is 0 Å². The average Bonchev–Trinajstić information content (AvgIpc) is 1.67. The molecule has 8 heavy (non-hydrogen) atoms. The molecule has 1 heteroatoms. The molecule has 0 aromatic carbocycles. The molecule has 1 nitrogen and oxygen atoms in total. The number of carbonyl (C=O) groups is 1. The van der Waals surface area contributed by atoms with Gasteiger partial charge >= 0.3 is 0 Å². The third-order valence-electron chi connectivity index (χ3n) is 1.12. The van der Waals surface area contributed by atoms with Crippen molar-refractivity contribution in [3.63, 3.8) is 0 Å². The maximum Gasteiger partial charge on any atom is 0.136 e. The molecule has 0 aliphatic carbocycles. The smallest absolute Gasteiger partial charge is 0.136 e. The van der Waals surface area contributed by atoms with Crippen LogP contribution in [0.2, 0.25) is 0 Å². The minimum absolute atomic E-state index is 0.0972. The Kier molecular flexibility index (Phi) is 3.16. The fraction of sp³-hybridized carbons (Fsp3) is 0.571. The van der Waals surface area contributed by atoms with Gasteiger partial charge in [0.15, 0.2) is 0 Å². The van der Waals surface area contributed by atoms with Crippen molar-refractivity contribution in [2.45, 2.75) is 20.8 Å². The van der Waals surface area contributed by atoms with Gasteiger partial charge in [0.05, 0.1) is 0 Å². The van der Waals surface area contributed by atoms with Crippen molar-refractivity contribution in [1.82, 2.24) is 0 Å². The van der Waals surface area contributed by atoms with Crippen molar-refractivity contribution < 1.29 is 4.79 Å². The van der Waals surface area contributed by atoms with E-state index in [0.717, 1.165) is 0 Å². The second-order valence-electron chi connectivity index (χ2n) is 1.93. The number of carbonyl (C=O) groups excluding carboxylic acids is 1. The van der Waals surface area contributed by atoms with Crippen LogP contribution in [0.3, 0.4) is 0 Å². The summed E-state index contributed by atoms with van der Waals surface area (Å²) in [4.78, 5) is 10.5. The van der Waals surface area contributed by atoms with Crippen LogP contribution in [0.25, 0.3) is 0 Å². The quantitative estimate of drug-likeness (QED) is 0.498. The first-order valence-corrected chi connectivity index (χ1v) is 2.81. The lowest BCUT2D eigenvalue weighted by molar-refractivity contribution is -0.118. The Balaban J connectivity index is 3.64. The molecule has 0 fully saturated rings. The van der Waals surface area contributed by atoms with Crippen molar-refractivity contribution in [1.29, 1.82) is 0 Å². The van der Waals surface area contributed by atoms with Crippen molar-refractivity contribution in [3.8, 4) is 0 Å². The summed E-state index contributed by atoms with van der Waals surface area (Å²) >= 11 is 0. The molecule has 0 aromatic heterocycles. The summed E-state index contributed by atoms with van der Waals surface area (Å²) in [7, 11) is 0. The van der Waals surface area contributed by atoms with Crippen LogP contribution in [0.15, 0.2) is 12.2 Å². The SMILES string of the molecule is C/C=C/[C@H](C)C(C)=O. The summed E-state index contributed by atoms with van der Waals surface area (Å²) in [5.41, 5.74) is 0. The van der Waals surface area contributed by atoms with E-state index in [1.165, 1.54) is 0 Å². The number of ketones is 1. The Labute approximate surface area is 50.4 Å². The van der Waals surface area contributed by atoms with Crippen LogP contribution in [-0.4, -0.2) is 5.78 Å². The average molecular weight is 112 g/mol. The zero-order valence-corrected chi connectivity index (χ0v) is 5.64. The van der Waals surface area contributed by atoms with Crippen LogP contribution in [-0.2, 0) is 4.79 Å². The molecule has 0 heterocycles. The van der Waals surface area contributed by atoms with E-state index in [2.05, 4.69) is 0 Å². The summed E-state index contributed by atoms with van der Waals surface area (Å²) in [6.07, 6.45) is 3.79. The highest BCUT2D eigenvalue weighted by molar-refractivity contribution is 5.79. The van der Waals surface area contributed by atoms with Crippen LogP contribution in [0, 0.1) is 5.92 Å². The number of allylic oxidation sites excluding steroid dienone is 2. The Bertz CT molecular complexity index is 103. The molecular weight excluding hydrogens is 100 g/mol. The zero-order valence-electron chi connectivity index (χ0n) is 5.64. The van der Waals surface area contributed by atoms with Crippen LogP contribution in [0.1, 0.15) is 20.8 Å². The fourth-order valence-electron chi connectivity index (χ4n) is 0.424. The minimum atomic E-state index is 0.0972. The Morgan fingerprint density at radius 3 is 2.25 bits per heavy atom. The molecule has 0 saturated carbocycles. The minimum Gasteiger partial charge on any atom is -0.299 e. The summed E-state index contributed by atoms with van der Waals surface area (Å²) in [5.74, 6) is 0.322. The third kappa shape index (κ3) is 2.56. The van der Waals surface area contributed by atoms with Gasteiger partial charge in [-0.25, -0.2) is 0 Å². The molecule has 0 aliphatic heterocycles. The molecule has 0 unspecified atom stereocenters. The topological polar surface area (TPSA) is 17.1 Å². The van der Waals surface area contributed by atoms with E-state index in [9.17, 15) is 4.79 Å². The standard InChI is InChI=1S/C7H12O/c1-4-5-6(2)7(3)8/h4-6H,1-3H3/b5-4+/t6-/m0/s1. The monoisotopic (exact) mass is 112 g/mol. The van der Waals surface area contributed by atoms with E-state index >= 15 is 0 Å². The molecule has 1 atom stereocenters. The summed E-state index contributed by atoms with van der Waals surface area (Å²) < 4.78 is 0. The molecule has 46 valence electrons. The Morgan fingerprint density at radius 1 is 1.62 bits per heavy atom. The maximum absolute atomic E-state index is 10.5. The number of rotatable bonds is 2. The highest BCUT2D eigenvalue weighted by Crippen LogP contribution is 1.96. The third-order valence-corrected chi connectivity index (χ3v) is 1.12. The first kappa shape index (κ1) is 7.41. The van der Waals surface area contributed by atoms with Crippen LogP contribution in [0.5, 0.6) is 0 Å². The molecule has 0 aliphatic rings. The van der Waals surface area contributed by atoms with Crippen molar-refractivity contribution in [2.75, 3.05) is 0 Å². The first-order chi connectivity index (χ1) is 3.68. The lowest BCUT2D eigenvalue weighted by Crippen LogP contribution is -2.01. The molecule has 0 N–H and O–H groups in total. The molecular formula is C7H12O. The number of Topliss-reactive ketones (excluding diaryl/α,β-unsaturated/α-hetero) is 1. The van der Waals surface area contributed by atoms with E-state index < -0.39 is 0 Å². The van der Waals surface area contributed by atoms with Gasteiger partial charge in [0, 0.05) is 5.92 Å². The molecule has 0 radical (unpaired) electrons. The van der Waals surface area contributed by atoms with Gasteiger partial charge in [-0.1, -0.05) is 19.1 Å². The zero-order chi connectivity index (χ0) is 6.57. The predicted octanol–water partition coefficient (Wildman–Crippen LogP) is 1.79. The number of hydrogen-bond donors (Lipinski definition) is 0. The van der Waals surface area contributed by atoms with Gasteiger partial charge in [-0.05, 0) is 13.8 Å². The normalized spacial score (nSPS) is 14.4. The van der Waals surface area contributed by atoms with E-state index in [1.807, 2.05) is 26.0 Å². The lowest BCUT2D eigenvalue weighted by atomic mass is 10.1. The van der Waals surface area contributed by atoms with Crippen molar-refractivity contribution in [3.05, 3.63) is 12.2 Å². The molecule has 0 spiro atoms. The summed E-state index contributed by atoms with van der Waals surface area (Å²) in [6, 6.07) is 0. The lowest BCUT2D eigenvalue weighted by Gasteiger charge is -1.95. The highest BCUT2D eigenvalue weighted by Gasteiger charge is 1.99. The van der Waals surface area contributed by atoms with Crippen molar-refractivity contribution in [2.24, 2.45) is 5.92 Å². The van der Waals surface area contributed by atoms with E-state index in [1.54, 1.807) is 6.92 Å². The Morgan fingerprint density at radius 2 is 2.12 bits per heavy atom. The highest BCUT2D eigenvalue weighted by atomic mass is 16.1. The van der Waals surface area contributed by atoms with Gasteiger partial charge in [0.1, 0.15) is 5.78 Å². The van der Waals surface area contributed by atoms with Gasteiger partial charge in [0.2, 0.25) is 0 Å². The predicted molar refractivity (Wildman–Crippen MR) is 34.7 cm³/mol. The second-order valence-corrected chi connectivity index (χ2v) is 1.93. The second kappa shape index (κ2) is 3.42. The number of hydrogen-bond acceptors (Lipinski definition) is 1. The molecule has 0 saturated heterocycles. The fourth-order valence-corrected chi connectivity index (χ4v) is 0.424. The van der Waals surface area contributed by atoms with E-state index in [4.69, 9.17) is 0 Å². The van der Waals surface area contributed by atoms with Crippen LogP contribution in [0.4, 0.5) is 0 Å².